The summed E-state index contributed by atoms with van der Waals surface area (Å²) < 4.78 is 5.13. The van der Waals surface area contributed by atoms with Gasteiger partial charge < -0.3 is 15.2 Å². The van der Waals surface area contributed by atoms with Crippen molar-refractivity contribution in [1.82, 2.24) is 10.7 Å². The number of carboxylic acid groups (broad SMARTS) is 1. The number of hydrogen-bond donors (Lipinski definition) is 4. The van der Waals surface area contributed by atoms with Crippen molar-refractivity contribution in [2.75, 3.05) is 12.5 Å². The van der Waals surface area contributed by atoms with Gasteiger partial charge >= 0.3 is 5.97 Å². The van der Waals surface area contributed by atoms with Crippen LogP contribution in [0.2, 0.25) is 0 Å². The summed E-state index contributed by atoms with van der Waals surface area (Å²) in [5, 5.41) is 12.5. The largest absolute Gasteiger partial charge is 0.497 e. The van der Waals surface area contributed by atoms with Crippen LogP contribution in [0.5, 0.6) is 5.75 Å². The number of benzene rings is 3. The highest BCUT2D eigenvalue weighted by Gasteiger charge is 2.32. The molecule has 8 heteroatoms. The van der Waals surface area contributed by atoms with Crippen molar-refractivity contribution < 1.29 is 24.2 Å². The van der Waals surface area contributed by atoms with E-state index >= 15 is 0 Å². The molecule has 0 aliphatic heterocycles. The van der Waals surface area contributed by atoms with Gasteiger partial charge in [0.15, 0.2) is 0 Å². The average molecular weight is 544 g/mol. The lowest BCUT2D eigenvalue weighted by molar-refractivity contribution is -0.142. The molecule has 0 heterocycles. The second-order valence-corrected chi connectivity index (χ2v) is 10.5. The van der Waals surface area contributed by atoms with Crippen LogP contribution in [-0.4, -0.2) is 36.0 Å². The number of carbonyl (C=O) groups is 3. The zero-order chi connectivity index (χ0) is 28.6. The third-order valence-electron chi connectivity index (χ3n) is 7.67. The highest BCUT2D eigenvalue weighted by atomic mass is 16.5. The second-order valence-electron chi connectivity index (χ2n) is 10.5. The van der Waals surface area contributed by atoms with Crippen molar-refractivity contribution >= 4 is 23.5 Å². The molecule has 1 fully saturated rings. The van der Waals surface area contributed by atoms with Crippen LogP contribution in [0, 0.1) is 25.7 Å². The molecule has 0 saturated heterocycles. The van der Waals surface area contributed by atoms with Crippen molar-refractivity contribution in [3.8, 4) is 16.9 Å². The molecule has 0 aromatic heterocycles. The predicted octanol–water partition coefficient (Wildman–Crippen LogP) is 5.04. The van der Waals surface area contributed by atoms with Crippen molar-refractivity contribution in [1.29, 1.82) is 0 Å². The first-order valence-electron chi connectivity index (χ1n) is 13.6. The molecule has 1 aliphatic carbocycles. The minimum absolute atomic E-state index is 0.123. The van der Waals surface area contributed by atoms with Crippen LogP contribution in [0.25, 0.3) is 11.1 Å². The molecule has 0 spiro atoms. The molecule has 3 aromatic carbocycles. The maximum Gasteiger partial charge on any atom is 0.326 e. The first kappa shape index (κ1) is 28.7. The molecule has 0 bridgehead atoms. The van der Waals surface area contributed by atoms with E-state index in [1.807, 2.05) is 30.3 Å². The van der Waals surface area contributed by atoms with E-state index in [-0.39, 0.29) is 30.1 Å². The maximum atomic E-state index is 13.0. The number of nitrogens with one attached hydrogen (secondary N) is 3. The van der Waals surface area contributed by atoms with Crippen LogP contribution >= 0.6 is 0 Å². The SMILES string of the molecule is COc1ccc(NNC(=O)C2CCC(C(=O)NC(Cc3ccc(-c4c(C)cccc4C)cc3)C(=O)O)CC2)cc1. The molecule has 1 saturated carbocycles. The number of hydrogen-bond acceptors (Lipinski definition) is 5. The first-order chi connectivity index (χ1) is 19.2. The van der Waals surface area contributed by atoms with Gasteiger partial charge in [-0.15, -0.1) is 0 Å². The molecule has 1 aliphatic rings. The van der Waals surface area contributed by atoms with E-state index in [1.54, 1.807) is 31.4 Å². The van der Waals surface area contributed by atoms with E-state index in [0.717, 1.165) is 22.6 Å². The Bertz CT molecular complexity index is 1310. The van der Waals surface area contributed by atoms with E-state index < -0.39 is 12.0 Å². The number of amides is 2. The van der Waals surface area contributed by atoms with Crippen molar-refractivity contribution in [3.05, 3.63) is 83.4 Å². The fourth-order valence-electron chi connectivity index (χ4n) is 5.33. The van der Waals surface area contributed by atoms with Gasteiger partial charge in [-0.25, -0.2) is 4.79 Å². The minimum Gasteiger partial charge on any atom is -0.497 e. The molecular weight excluding hydrogens is 506 g/mol. The van der Waals surface area contributed by atoms with Gasteiger partial charge in [-0.3, -0.25) is 20.4 Å². The lowest BCUT2D eigenvalue weighted by Gasteiger charge is -2.28. The maximum absolute atomic E-state index is 13.0. The van der Waals surface area contributed by atoms with Crippen LogP contribution in [0.15, 0.2) is 66.7 Å². The van der Waals surface area contributed by atoms with E-state index in [2.05, 4.69) is 42.1 Å². The second kappa shape index (κ2) is 13.2. The normalized spacial score (nSPS) is 17.4. The topological polar surface area (TPSA) is 117 Å². The summed E-state index contributed by atoms with van der Waals surface area (Å²) in [4.78, 5) is 37.6. The van der Waals surface area contributed by atoms with E-state index in [9.17, 15) is 19.5 Å². The molecular formula is C32H37N3O5. The van der Waals surface area contributed by atoms with E-state index in [0.29, 0.717) is 25.7 Å². The number of aryl methyl sites for hydroxylation is 2. The molecule has 0 radical (unpaired) electrons. The number of methoxy groups -OCH3 is 1. The van der Waals surface area contributed by atoms with Crippen LogP contribution in [0.3, 0.4) is 0 Å². The van der Waals surface area contributed by atoms with Crippen molar-refractivity contribution in [3.63, 3.8) is 0 Å². The summed E-state index contributed by atoms with van der Waals surface area (Å²) in [5.74, 6) is -1.25. The quantitative estimate of drug-likeness (QED) is 0.266. The lowest BCUT2D eigenvalue weighted by atomic mass is 9.81. The predicted molar refractivity (Wildman–Crippen MR) is 155 cm³/mol. The van der Waals surface area contributed by atoms with Crippen LogP contribution in [0.4, 0.5) is 5.69 Å². The fourth-order valence-corrected chi connectivity index (χ4v) is 5.33. The molecule has 2 amide bonds. The van der Waals surface area contributed by atoms with Gasteiger partial charge in [0.25, 0.3) is 0 Å². The monoisotopic (exact) mass is 543 g/mol. The van der Waals surface area contributed by atoms with Gasteiger partial charge in [0.05, 0.1) is 12.8 Å². The summed E-state index contributed by atoms with van der Waals surface area (Å²) in [7, 11) is 1.59. The zero-order valence-corrected chi connectivity index (χ0v) is 23.2. The van der Waals surface area contributed by atoms with Crippen LogP contribution in [0.1, 0.15) is 42.4 Å². The molecule has 1 unspecified atom stereocenters. The Hall–Kier alpha value is -4.33. The Labute approximate surface area is 235 Å². The summed E-state index contributed by atoms with van der Waals surface area (Å²) >= 11 is 0. The number of anilines is 1. The Morgan fingerprint density at radius 1 is 0.850 bits per heavy atom. The van der Waals surface area contributed by atoms with Crippen molar-refractivity contribution in [2.24, 2.45) is 11.8 Å². The molecule has 1 atom stereocenters. The Balaban J connectivity index is 1.27. The smallest absolute Gasteiger partial charge is 0.326 e. The molecule has 4 rings (SSSR count). The van der Waals surface area contributed by atoms with Gasteiger partial charge in [-0.1, -0.05) is 42.5 Å². The molecule has 8 nitrogen and oxygen atoms in total. The van der Waals surface area contributed by atoms with Gasteiger partial charge in [0.1, 0.15) is 11.8 Å². The standard InChI is InChI=1S/C32H37N3O5/c1-20-5-4-6-21(2)29(20)23-9-7-22(8-10-23)19-28(32(38)39)33-30(36)24-11-13-25(14-12-24)31(37)35-34-26-15-17-27(40-3)18-16-26/h4-10,15-18,24-25,28,34H,11-14,19H2,1-3H3,(H,33,36)(H,35,37)(H,38,39). The Morgan fingerprint density at radius 3 is 1.98 bits per heavy atom. The number of ether oxygens (including phenoxy) is 1. The number of aliphatic carboxylic acids is 1. The number of hydrazine groups is 1. The number of carbonyl (C=O) groups excluding carboxylic acids is 2. The molecule has 40 heavy (non-hydrogen) atoms. The van der Waals surface area contributed by atoms with Gasteiger partial charge in [-0.2, -0.15) is 0 Å². The summed E-state index contributed by atoms with van der Waals surface area (Å²) in [6.45, 7) is 4.15. The first-order valence-corrected chi connectivity index (χ1v) is 13.6. The third kappa shape index (κ3) is 7.20. The molecule has 210 valence electrons. The van der Waals surface area contributed by atoms with Crippen LogP contribution < -0.4 is 20.9 Å². The highest BCUT2D eigenvalue weighted by Crippen LogP contribution is 2.30. The third-order valence-corrected chi connectivity index (χ3v) is 7.67. The Kier molecular flexibility index (Phi) is 9.43. The summed E-state index contributed by atoms with van der Waals surface area (Å²) in [6.07, 6.45) is 2.38. The summed E-state index contributed by atoms with van der Waals surface area (Å²) in [6, 6.07) is 20.2. The van der Waals surface area contributed by atoms with Crippen molar-refractivity contribution in [2.45, 2.75) is 52.0 Å². The van der Waals surface area contributed by atoms with E-state index in [4.69, 9.17) is 4.74 Å². The van der Waals surface area contributed by atoms with Gasteiger partial charge in [-0.05, 0) is 91.6 Å². The van der Waals surface area contributed by atoms with Gasteiger partial charge in [0.2, 0.25) is 11.8 Å². The highest BCUT2D eigenvalue weighted by molar-refractivity contribution is 5.86. The number of carboxylic acids is 1. The molecule has 4 N–H and O–H groups in total. The fraction of sp³-hybridized carbons (Fsp3) is 0.344. The average Bonchev–Trinajstić information content (AvgIpc) is 2.96. The van der Waals surface area contributed by atoms with Gasteiger partial charge in [0, 0.05) is 18.3 Å². The van der Waals surface area contributed by atoms with E-state index in [1.165, 1.54) is 16.7 Å². The zero-order valence-electron chi connectivity index (χ0n) is 23.2. The lowest BCUT2D eigenvalue weighted by Crippen LogP contribution is -2.46. The van der Waals surface area contributed by atoms with Crippen LogP contribution in [-0.2, 0) is 20.8 Å². The number of rotatable bonds is 10. The molecule has 3 aromatic rings. The summed E-state index contributed by atoms with van der Waals surface area (Å²) in [5.41, 5.74) is 11.8. The minimum atomic E-state index is -1.06. The Morgan fingerprint density at radius 2 is 1.43 bits per heavy atom.